The maximum atomic E-state index is 11.8. The van der Waals surface area contributed by atoms with Gasteiger partial charge in [0.05, 0.1) is 5.02 Å². The summed E-state index contributed by atoms with van der Waals surface area (Å²) in [5.41, 5.74) is 0.496. The van der Waals surface area contributed by atoms with Gasteiger partial charge in [-0.15, -0.1) is 0 Å². The summed E-state index contributed by atoms with van der Waals surface area (Å²) in [5.74, 6) is 0.417. The quantitative estimate of drug-likeness (QED) is 0.719. The standard InChI is InChI=1S/C11H14ClNO/c1-7(2)8(3)11(14)10-5-4-9(12)6-13-10/h4-8H,1-3H3. The van der Waals surface area contributed by atoms with Crippen LogP contribution in [0, 0.1) is 11.8 Å². The third-order valence-electron chi connectivity index (χ3n) is 2.39. The van der Waals surface area contributed by atoms with Crippen LogP contribution in [0.15, 0.2) is 18.3 Å². The fourth-order valence-corrected chi connectivity index (χ4v) is 1.17. The van der Waals surface area contributed by atoms with E-state index < -0.39 is 0 Å². The molecule has 1 aromatic heterocycles. The number of aromatic nitrogens is 1. The first-order valence-corrected chi connectivity index (χ1v) is 5.06. The number of rotatable bonds is 3. The van der Waals surface area contributed by atoms with E-state index in [1.807, 2.05) is 20.8 Å². The van der Waals surface area contributed by atoms with Crippen LogP contribution < -0.4 is 0 Å². The van der Waals surface area contributed by atoms with E-state index in [-0.39, 0.29) is 11.7 Å². The molecule has 0 bridgehead atoms. The SMILES string of the molecule is CC(C)C(C)C(=O)c1ccc(Cl)cn1. The molecule has 0 radical (unpaired) electrons. The lowest BCUT2D eigenvalue weighted by molar-refractivity contribution is 0.0894. The molecule has 1 heterocycles. The van der Waals surface area contributed by atoms with Gasteiger partial charge >= 0.3 is 0 Å². The summed E-state index contributed by atoms with van der Waals surface area (Å²) in [4.78, 5) is 15.8. The van der Waals surface area contributed by atoms with Crippen molar-refractivity contribution in [3.63, 3.8) is 0 Å². The number of hydrogen-bond acceptors (Lipinski definition) is 2. The third-order valence-corrected chi connectivity index (χ3v) is 2.62. The van der Waals surface area contributed by atoms with Gasteiger partial charge in [0.25, 0.3) is 0 Å². The second kappa shape index (κ2) is 4.56. The average molecular weight is 212 g/mol. The molecule has 1 atom stereocenters. The lowest BCUT2D eigenvalue weighted by Gasteiger charge is -2.13. The van der Waals surface area contributed by atoms with Gasteiger partial charge in [-0.2, -0.15) is 0 Å². The fourth-order valence-electron chi connectivity index (χ4n) is 1.06. The topological polar surface area (TPSA) is 30.0 Å². The zero-order valence-electron chi connectivity index (χ0n) is 8.62. The van der Waals surface area contributed by atoms with Gasteiger partial charge in [0, 0.05) is 12.1 Å². The molecule has 2 nitrogen and oxygen atoms in total. The van der Waals surface area contributed by atoms with Crippen LogP contribution in [0.5, 0.6) is 0 Å². The molecule has 0 N–H and O–H groups in total. The predicted molar refractivity (Wildman–Crippen MR) is 57.6 cm³/mol. The predicted octanol–water partition coefficient (Wildman–Crippen LogP) is 3.21. The van der Waals surface area contributed by atoms with Crippen LogP contribution in [0.4, 0.5) is 0 Å². The van der Waals surface area contributed by atoms with Crippen LogP contribution >= 0.6 is 11.6 Å². The molecule has 0 fully saturated rings. The van der Waals surface area contributed by atoms with Gasteiger partial charge in [-0.3, -0.25) is 9.78 Å². The highest BCUT2D eigenvalue weighted by molar-refractivity contribution is 6.30. The number of halogens is 1. The van der Waals surface area contributed by atoms with E-state index in [9.17, 15) is 4.79 Å². The van der Waals surface area contributed by atoms with E-state index in [1.165, 1.54) is 6.20 Å². The van der Waals surface area contributed by atoms with E-state index in [0.29, 0.717) is 16.6 Å². The Morgan fingerprint density at radius 1 is 1.36 bits per heavy atom. The zero-order valence-corrected chi connectivity index (χ0v) is 9.38. The molecular weight excluding hydrogens is 198 g/mol. The molecule has 1 unspecified atom stereocenters. The summed E-state index contributed by atoms with van der Waals surface area (Å²) >= 11 is 5.68. The number of pyridine rings is 1. The van der Waals surface area contributed by atoms with Crippen LogP contribution in [-0.2, 0) is 0 Å². The molecule has 14 heavy (non-hydrogen) atoms. The Labute approximate surface area is 89.3 Å². The van der Waals surface area contributed by atoms with Gasteiger partial charge < -0.3 is 0 Å². The summed E-state index contributed by atoms with van der Waals surface area (Å²) in [6.45, 7) is 5.97. The monoisotopic (exact) mass is 211 g/mol. The van der Waals surface area contributed by atoms with E-state index >= 15 is 0 Å². The van der Waals surface area contributed by atoms with Crippen molar-refractivity contribution < 1.29 is 4.79 Å². The van der Waals surface area contributed by atoms with E-state index in [1.54, 1.807) is 12.1 Å². The maximum absolute atomic E-state index is 11.8. The molecule has 0 spiro atoms. The molecular formula is C11H14ClNO. The molecule has 1 rings (SSSR count). The van der Waals surface area contributed by atoms with Crippen LogP contribution in [0.25, 0.3) is 0 Å². The van der Waals surface area contributed by atoms with Crippen molar-refractivity contribution in [1.29, 1.82) is 0 Å². The van der Waals surface area contributed by atoms with Gasteiger partial charge in [0.15, 0.2) is 5.78 Å². The van der Waals surface area contributed by atoms with Crippen molar-refractivity contribution >= 4 is 17.4 Å². The normalized spacial score (nSPS) is 12.9. The molecule has 0 saturated heterocycles. The Hall–Kier alpha value is -0.890. The molecule has 0 aromatic carbocycles. The summed E-state index contributed by atoms with van der Waals surface area (Å²) in [6, 6.07) is 3.36. The Morgan fingerprint density at radius 3 is 2.43 bits per heavy atom. The minimum absolute atomic E-state index is 0.00340. The van der Waals surface area contributed by atoms with Crippen LogP contribution in [0.1, 0.15) is 31.3 Å². The highest BCUT2D eigenvalue weighted by Gasteiger charge is 2.19. The van der Waals surface area contributed by atoms with Crippen molar-refractivity contribution in [1.82, 2.24) is 4.98 Å². The number of ketones is 1. The smallest absolute Gasteiger partial charge is 0.184 e. The highest BCUT2D eigenvalue weighted by Crippen LogP contribution is 2.16. The minimum Gasteiger partial charge on any atom is -0.292 e. The molecule has 0 amide bonds. The van der Waals surface area contributed by atoms with E-state index in [0.717, 1.165) is 0 Å². The van der Waals surface area contributed by atoms with Gasteiger partial charge in [-0.1, -0.05) is 32.4 Å². The molecule has 0 aliphatic heterocycles. The average Bonchev–Trinajstić information content (AvgIpc) is 2.16. The first kappa shape index (κ1) is 11.2. The maximum Gasteiger partial charge on any atom is 0.184 e. The molecule has 3 heteroatoms. The Bertz CT molecular complexity index is 319. The Morgan fingerprint density at radius 2 is 2.00 bits per heavy atom. The van der Waals surface area contributed by atoms with Crippen LogP contribution in [0.3, 0.4) is 0 Å². The fraction of sp³-hybridized carbons (Fsp3) is 0.455. The first-order chi connectivity index (χ1) is 6.52. The van der Waals surface area contributed by atoms with Crippen molar-refractivity contribution in [3.05, 3.63) is 29.0 Å². The number of nitrogens with zero attached hydrogens (tertiary/aromatic N) is 1. The molecule has 0 saturated carbocycles. The van der Waals surface area contributed by atoms with Gasteiger partial charge in [0.2, 0.25) is 0 Å². The van der Waals surface area contributed by atoms with Crippen molar-refractivity contribution in [2.75, 3.05) is 0 Å². The summed E-state index contributed by atoms with van der Waals surface area (Å²) in [7, 11) is 0. The number of carbonyl (C=O) groups is 1. The number of carbonyl (C=O) groups excluding carboxylic acids is 1. The van der Waals surface area contributed by atoms with Crippen molar-refractivity contribution in [3.8, 4) is 0 Å². The summed E-state index contributed by atoms with van der Waals surface area (Å²) in [5, 5.41) is 0.554. The second-order valence-corrected chi connectivity index (χ2v) is 4.20. The molecule has 0 aliphatic rings. The zero-order chi connectivity index (χ0) is 10.7. The van der Waals surface area contributed by atoms with E-state index in [4.69, 9.17) is 11.6 Å². The largest absolute Gasteiger partial charge is 0.292 e. The summed E-state index contributed by atoms with van der Waals surface area (Å²) < 4.78 is 0. The first-order valence-electron chi connectivity index (χ1n) is 4.68. The van der Waals surface area contributed by atoms with Gasteiger partial charge in [0.1, 0.15) is 5.69 Å². The minimum atomic E-state index is 0.00340. The van der Waals surface area contributed by atoms with E-state index in [2.05, 4.69) is 4.98 Å². The molecule has 1 aromatic rings. The van der Waals surface area contributed by atoms with Crippen LogP contribution in [-0.4, -0.2) is 10.8 Å². The third kappa shape index (κ3) is 2.55. The number of Topliss-reactive ketones (excluding diaryl/α,β-unsaturated/α-hetero) is 1. The second-order valence-electron chi connectivity index (χ2n) is 3.76. The van der Waals surface area contributed by atoms with Gasteiger partial charge in [-0.25, -0.2) is 0 Å². The molecule has 76 valence electrons. The van der Waals surface area contributed by atoms with Crippen LogP contribution in [0.2, 0.25) is 5.02 Å². The summed E-state index contributed by atoms with van der Waals surface area (Å²) in [6.07, 6.45) is 1.50. The number of hydrogen-bond donors (Lipinski definition) is 0. The van der Waals surface area contributed by atoms with Gasteiger partial charge in [-0.05, 0) is 18.1 Å². The lowest BCUT2D eigenvalue weighted by Crippen LogP contribution is -2.17. The Balaban J connectivity index is 2.84. The highest BCUT2D eigenvalue weighted by atomic mass is 35.5. The van der Waals surface area contributed by atoms with Crippen molar-refractivity contribution in [2.24, 2.45) is 11.8 Å². The van der Waals surface area contributed by atoms with Crippen molar-refractivity contribution in [2.45, 2.75) is 20.8 Å². The Kier molecular flexibility index (Phi) is 3.64. The lowest BCUT2D eigenvalue weighted by atomic mass is 9.92. The molecule has 0 aliphatic carbocycles.